The lowest BCUT2D eigenvalue weighted by Gasteiger charge is -2.16. The second-order valence-electron chi connectivity index (χ2n) is 5.37. The molecule has 3 rings (SSSR count). The van der Waals surface area contributed by atoms with E-state index in [1.165, 1.54) is 17.3 Å². The number of thioether (sulfide) groups is 1. The van der Waals surface area contributed by atoms with Crippen molar-refractivity contribution >= 4 is 45.0 Å². The fourth-order valence-electron chi connectivity index (χ4n) is 2.28. The highest BCUT2D eigenvalue weighted by molar-refractivity contribution is 9.10. The number of aryl methyl sites for hydroxylation is 1. The SMILES string of the molecule is Cc1ccccc1CN1C(=O)CS/C1=N/N=C/c1ccc(Br)cc1. The third-order valence-electron chi connectivity index (χ3n) is 3.67. The van der Waals surface area contributed by atoms with Crippen LogP contribution >= 0.6 is 27.7 Å². The molecule has 4 nitrogen and oxygen atoms in total. The van der Waals surface area contributed by atoms with E-state index in [0.717, 1.165) is 15.6 Å². The Bertz CT molecular complexity index is 802. The minimum absolute atomic E-state index is 0.0702. The molecule has 1 amide bonds. The molecule has 24 heavy (non-hydrogen) atoms. The van der Waals surface area contributed by atoms with E-state index in [9.17, 15) is 4.79 Å². The van der Waals surface area contributed by atoms with Gasteiger partial charge in [-0.25, -0.2) is 0 Å². The summed E-state index contributed by atoms with van der Waals surface area (Å²) < 4.78 is 1.02. The van der Waals surface area contributed by atoms with Crippen LogP contribution in [0.25, 0.3) is 0 Å². The first-order chi connectivity index (χ1) is 11.6. The minimum Gasteiger partial charge on any atom is -0.285 e. The van der Waals surface area contributed by atoms with Gasteiger partial charge < -0.3 is 0 Å². The van der Waals surface area contributed by atoms with E-state index in [0.29, 0.717) is 17.5 Å². The molecule has 1 aliphatic heterocycles. The second-order valence-corrected chi connectivity index (χ2v) is 7.23. The van der Waals surface area contributed by atoms with E-state index in [2.05, 4.69) is 26.1 Å². The first-order valence-electron chi connectivity index (χ1n) is 7.48. The number of carbonyl (C=O) groups is 1. The molecule has 0 aromatic heterocycles. The summed E-state index contributed by atoms with van der Waals surface area (Å²) in [4.78, 5) is 13.8. The van der Waals surface area contributed by atoms with Crippen molar-refractivity contribution in [3.63, 3.8) is 0 Å². The number of hydrogen-bond donors (Lipinski definition) is 0. The number of amides is 1. The molecule has 0 radical (unpaired) electrons. The van der Waals surface area contributed by atoms with E-state index in [1.807, 2.05) is 55.5 Å². The van der Waals surface area contributed by atoms with Crippen LogP contribution < -0.4 is 0 Å². The van der Waals surface area contributed by atoms with E-state index in [4.69, 9.17) is 0 Å². The van der Waals surface area contributed by atoms with Crippen molar-refractivity contribution in [2.24, 2.45) is 10.2 Å². The Morgan fingerprint density at radius 2 is 1.96 bits per heavy atom. The van der Waals surface area contributed by atoms with Crippen LogP contribution in [0.5, 0.6) is 0 Å². The van der Waals surface area contributed by atoms with Gasteiger partial charge in [-0.1, -0.05) is 64.1 Å². The van der Waals surface area contributed by atoms with Crippen LogP contribution in [0.15, 0.2) is 63.2 Å². The number of rotatable bonds is 4. The zero-order valence-electron chi connectivity index (χ0n) is 13.1. The highest BCUT2D eigenvalue weighted by Crippen LogP contribution is 2.23. The second kappa shape index (κ2) is 7.77. The Hall–Kier alpha value is -1.92. The lowest BCUT2D eigenvalue weighted by atomic mass is 10.1. The number of halogens is 1. The predicted molar refractivity (Wildman–Crippen MR) is 103 cm³/mol. The van der Waals surface area contributed by atoms with E-state index in [-0.39, 0.29) is 5.91 Å². The maximum atomic E-state index is 12.1. The molecule has 1 heterocycles. The fraction of sp³-hybridized carbons (Fsp3) is 0.167. The number of carbonyl (C=O) groups excluding carboxylic acids is 1. The van der Waals surface area contributed by atoms with E-state index >= 15 is 0 Å². The standard InChI is InChI=1S/C18H16BrN3OS/c1-13-4-2-3-5-15(13)11-22-17(23)12-24-18(22)21-20-10-14-6-8-16(19)9-7-14/h2-10H,11-12H2,1H3/b20-10+,21-18+. The molecule has 0 bridgehead atoms. The Kier molecular flexibility index (Phi) is 5.48. The molecule has 0 saturated carbocycles. The van der Waals surface area contributed by atoms with Gasteiger partial charge >= 0.3 is 0 Å². The predicted octanol–water partition coefficient (Wildman–Crippen LogP) is 4.22. The maximum absolute atomic E-state index is 12.1. The highest BCUT2D eigenvalue weighted by atomic mass is 79.9. The van der Waals surface area contributed by atoms with Crippen molar-refractivity contribution in [1.29, 1.82) is 0 Å². The molecule has 122 valence electrons. The summed E-state index contributed by atoms with van der Waals surface area (Å²) in [6.45, 7) is 2.58. The summed E-state index contributed by atoms with van der Waals surface area (Å²) >= 11 is 4.83. The molecule has 6 heteroatoms. The molecule has 1 aliphatic rings. The van der Waals surface area contributed by atoms with Crippen LogP contribution in [0, 0.1) is 6.92 Å². The van der Waals surface area contributed by atoms with Gasteiger partial charge in [-0.05, 0) is 35.7 Å². The lowest BCUT2D eigenvalue weighted by Crippen LogP contribution is -2.29. The van der Waals surface area contributed by atoms with Crippen molar-refractivity contribution in [3.8, 4) is 0 Å². The molecule has 2 aromatic rings. The van der Waals surface area contributed by atoms with Crippen molar-refractivity contribution in [3.05, 3.63) is 69.7 Å². The zero-order chi connectivity index (χ0) is 16.9. The molecule has 1 fully saturated rings. The van der Waals surface area contributed by atoms with Gasteiger partial charge in [0, 0.05) is 4.47 Å². The first-order valence-corrected chi connectivity index (χ1v) is 9.25. The fourth-order valence-corrected chi connectivity index (χ4v) is 3.38. The first kappa shape index (κ1) is 16.9. The van der Waals surface area contributed by atoms with Gasteiger partial charge in [0.1, 0.15) is 0 Å². The summed E-state index contributed by atoms with van der Waals surface area (Å²) in [7, 11) is 0. The monoisotopic (exact) mass is 401 g/mol. The highest BCUT2D eigenvalue weighted by Gasteiger charge is 2.28. The normalized spacial score (nSPS) is 16.5. The number of amidine groups is 1. The summed E-state index contributed by atoms with van der Waals surface area (Å²) in [6.07, 6.45) is 1.69. The third kappa shape index (κ3) is 4.13. The summed E-state index contributed by atoms with van der Waals surface area (Å²) in [6, 6.07) is 15.9. The average molecular weight is 402 g/mol. The third-order valence-corrected chi connectivity index (χ3v) is 5.15. The molecule has 0 spiro atoms. The summed E-state index contributed by atoms with van der Waals surface area (Å²) in [5, 5.41) is 9.03. The quantitative estimate of drug-likeness (QED) is 0.568. The van der Waals surface area contributed by atoms with Gasteiger partial charge in [0.25, 0.3) is 0 Å². The number of nitrogens with zero attached hydrogens (tertiary/aromatic N) is 3. The molecular formula is C18H16BrN3OS. The van der Waals surface area contributed by atoms with Gasteiger partial charge in [-0.15, -0.1) is 5.10 Å². The van der Waals surface area contributed by atoms with Gasteiger partial charge in [0.05, 0.1) is 18.5 Å². The van der Waals surface area contributed by atoms with Gasteiger partial charge in [0.15, 0.2) is 5.17 Å². The Labute approximate surface area is 153 Å². The van der Waals surface area contributed by atoms with Gasteiger partial charge in [-0.3, -0.25) is 9.69 Å². The van der Waals surface area contributed by atoms with Crippen LogP contribution in [0.2, 0.25) is 0 Å². The molecule has 0 unspecified atom stereocenters. The van der Waals surface area contributed by atoms with Crippen LogP contribution in [-0.4, -0.2) is 27.9 Å². The molecule has 2 aromatic carbocycles. The Morgan fingerprint density at radius 1 is 1.21 bits per heavy atom. The van der Waals surface area contributed by atoms with Crippen LogP contribution in [0.4, 0.5) is 0 Å². The maximum Gasteiger partial charge on any atom is 0.239 e. The molecule has 1 saturated heterocycles. The smallest absolute Gasteiger partial charge is 0.239 e. The summed E-state index contributed by atoms with van der Waals surface area (Å²) in [5.41, 5.74) is 3.25. The Balaban J connectivity index is 1.75. The molecule has 0 aliphatic carbocycles. The average Bonchev–Trinajstić information content (AvgIpc) is 2.92. The topological polar surface area (TPSA) is 45.0 Å². The Morgan fingerprint density at radius 3 is 2.71 bits per heavy atom. The number of hydrogen-bond acceptors (Lipinski definition) is 4. The van der Waals surface area contributed by atoms with Crippen LogP contribution in [0.3, 0.4) is 0 Å². The number of benzene rings is 2. The lowest BCUT2D eigenvalue weighted by molar-refractivity contribution is -0.124. The van der Waals surface area contributed by atoms with Crippen LogP contribution in [-0.2, 0) is 11.3 Å². The van der Waals surface area contributed by atoms with Gasteiger partial charge in [-0.2, -0.15) is 5.10 Å². The van der Waals surface area contributed by atoms with Crippen molar-refractivity contribution in [2.75, 3.05) is 5.75 Å². The summed E-state index contributed by atoms with van der Waals surface area (Å²) in [5.74, 6) is 0.485. The minimum atomic E-state index is 0.0702. The van der Waals surface area contributed by atoms with E-state index < -0.39 is 0 Å². The molecular weight excluding hydrogens is 386 g/mol. The van der Waals surface area contributed by atoms with Crippen molar-refractivity contribution < 1.29 is 4.79 Å². The molecule has 0 N–H and O–H groups in total. The van der Waals surface area contributed by atoms with E-state index in [1.54, 1.807) is 11.1 Å². The van der Waals surface area contributed by atoms with Crippen molar-refractivity contribution in [2.45, 2.75) is 13.5 Å². The largest absolute Gasteiger partial charge is 0.285 e. The molecule has 0 atom stereocenters. The van der Waals surface area contributed by atoms with Gasteiger partial charge in [0.2, 0.25) is 5.91 Å². The zero-order valence-corrected chi connectivity index (χ0v) is 15.5. The van der Waals surface area contributed by atoms with Crippen LogP contribution in [0.1, 0.15) is 16.7 Å². The van der Waals surface area contributed by atoms with Crippen molar-refractivity contribution in [1.82, 2.24) is 4.90 Å².